The van der Waals surface area contributed by atoms with E-state index in [0.29, 0.717) is 0 Å². The SMILES string of the molecule is CCc1cccc(CC)c1N(C(=O)Cn1nnc2ccccc21)[C@@H](C(=O)NC(C)(C)CC)c1cccn1C. The van der Waals surface area contributed by atoms with Crippen LogP contribution >= 0.6 is 0 Å². The zero-order valence-electron chi connectivity index (χ0n) is 23.2. The number of aromatic nitrogens is 4. The van der Waals surface area contributed by atoms with Gasteiger partial charge in [-0.3, -0.25) is 14.5 Å². The lowest BCUT2D eigenvalue weighted by molar-refractivity contribution is -0.128. The van der Waals surface area contributed by atoms with Crippen LogP contribution in [0.3, 0.4) is 0 Å². The van der Waals surface area contributed by atoms with Crippen molar-refractivity contribution in [3.05, 3.63) is 77.6 Å². The second-order valence-electron chi connectivity index (χ2n) is 10.3. The van der Waals surface area contributed by atoms with Gasteiger partial charge in [-0.25, -0.2) is 4.68 Å². The van der Waals surface area contributed by atoms with Gasteiger partial charge in [0.2, 0.25) is 11.8 Å². The highest BCUT2D eigenvalue weighted by Gasteiger charge is 2.38. The molecule has 2 amide bonds. The molecule has 2 aromatic carbocycles. The average Bonchev–Trinajstić information content (AvgIpc) is 3.52. The molecule has 0 saturated heterocycles. The number of nitrogens with zero attached hydrogens (tertiary/aromatic N) is 5. The molecule has 1 N–H and O–H groups in total. The van der Waals surface area contributed by atoms with E-state index in [9.17, 15) is 9.59 Å². The summed E-state index contributed by atoms with van der Waals surface area (Å²) in [6, 6.07) is 16.6. The zero-order chi connectivity index (χ0) is 27.4. The third-order valence-corrected chi connectivity index (χ3v) is 7.30. The first-order valence-electron chi connectivity index (χ1n) is 13.3. The fourth-order valence-electron chi connectivity index (χ4n) is 4.79. The summed E-state index contributed by atoms with van der Waals surface area (Å²) >= 11 is 0. The predicted octanol–water partition coefficient (Wildman–Crippen LogP) is 4.97. The van der Waals surface area contributed by atoms with E-state index >= 15 is 0 Å². The molecule has 0 unspecified atom stereocenters. The van der Waals surface area contributed by atoms with Crippen LogP contribution in [0.5, 0.6) is 0 Å². The van der Waals surface area contributed by atoms with Crippen LogP contribution in [0, 0.1) is 0 Å². The standard InChI is InChI=1S/C30H38N6O2/c1-7-21-14-12-15-22(8-2)27(21)36(26(37)20-35-24-17-11-10-16-23(24)32-33-35)28(25-18-13-19-34(25)6)29(38)31-30(4,5)9-3/h10-19,28H,7-9,20H2,1-6H3,(H,31,38)/t28-/m1/s1. The number of hydrogen-bond acceptors (Lipinski definition) is 4. The van der Waals surface area contributed by atoms with E-state index in [0.717, 1.165) is 52.8 Å². The fraction of sp³-hybridized carbons (Fsp3) is 0.400. The third-order valence-electron chi connectivity index (χ3n) is 7.30. The number of rotatable bonds is 10. The van der Waals surface area contributed by atoms with Crippen molar-refractivity contribution in [1.82, 2.24) is 24.9 Å². The molecule has 0 aliphatic heterocycles. The van der Waals surface area contributed by atoms with Crippen molar-refractivity contribution in [3.8, 4) is 0 Å². The van der Waals surface area contributed by atoms with Crippen LogP contribution in [-0.2, 0) is 36.0 Å². The van der Waals surface area contributed by atoms with Gasteiger partial charge < -0.3 is 9.88 Å². The summed E-state index contributed by atoms with van der Waals surface area (Å²) in [5.41, 5.74) is 4.62. The Labute approximate surface area is 224 Å². The number of para-hydroxylation sites is 2. The Hall–Kier alpha value is -3.94. The molecular weight excluding hydrogens is 476 g/mol. The van der Waals surface area contributed by atoms with E-state index < -0.39 is 11.6 Å². The second kappa shape index (κ2) is 11.2. The lowest BCUT2D eigenvalue weighted by Gasteiger charge is -2.36. The van der Waals surface area contributed by atoms with Gasteiger partial charge in [0.15, 0.2) is 6.04 Å². The molecule has 0 spiro atoms. The molecule has 4 aromatic rings. The van der Waals surface area contributed by atoms with Crippen LogP contribution in [0.25, 0.3) is 11.0 Å². The van der Waals surface area contributed by atoms with Gasteiger partial charge in [0.05, 0.1) is 16.9 Å². The minimum atomic E-state index is -0.874. The van der Waals surface area contributed by atoms with E-state index in [4.69, 9.17) is 0 Å². The van der Waals surface area contributed by atoms with Crippen LogP contribution < -0.4 is 10.2 Å². The summed E-state index contributed by atoms with van der Waals surface area (Å²) < 4.78 is 3.52. The van der Waals surface area contributed by atoms with Gasteiger partial charge in [-0.15, -0.1) is 5.10 Å². The number of fused-ring (bicyclic) bond motifs is 1. The topological polar surface area (TPSA) is 85.1 Å². The Morgan fingerprint density at radius 3 is 2.26 bits per heavy atom. The van der Waals surface area contributed by atoms with E-state index in [1.54, 1.807) is 9.58 Å². The molecule has 0 bridgehead atoms. The molecule has 8 nitrogen and oxygen atoms in total. The number of anilines is 1. The number of aryl methyl sites for hydroxylation is 3. The second-order valence-corrected chi connectivity index (χ2v) is 10.3. The molecule has 0 aliphatic rings. The minimum absolute atomic E-state index is 0.0485. The average molecular weight is 515 g/mol. The van der Waals surface area contributed by atoms with Gasteiger partial charge in [-0.2, -0.15) is 0 Å². The largest absolute Gasteiger partial charge is 0.352 e. The van der Waals surface area contributed by atoms with Crippen molar-refractivity contribution in [2.45, 2.75) is 72.0 Å². The van der Waals surface area contributed by atoms with E-state index in [2.05, 4.69) is 29.5 Å². The van der Waals surface area contributed by atoms with E-state index in [1.165, 1.54) is 0 Å². The Balaban J connectivity index is 1.91. The van der Waals surface area contributed by atoms with Crippen LogP contribution in [-0.4, -0.2) is 36.9 Å². The highest BCUT2D eigenvalue weighted by Crippen LogP contribution is 2.35. The molecule has 8 heteroatoms. The molecule has 38 heavy (non-hydrogen) atoms. The maximum absolute atomic E-state index is 14.4. The number of hydrogen-bond donors (Lipinski definition) is 1. The van der Waals surface area contributed by atoms with Gasteiger partial charge in [0.25, 0.3) is 0 Å². The van der Waals surface area contributed by atoms with Crippen LogP contribution in [0.4, 0.5) is 5.69 Å². The monoisotopic (exact) mass is 514 g/mol. The Kier molecular flexibility index (Phi) is 7.99. The number of amides is 2. The minimum Gasteiger partial charge on any atom is -0.352 e. The molecule has 2 heterocycles. The summed E-state index contributed by atoms with van der Waals surface area (Å²) in [4.78, 5) is 30.3. The van der Waals surface area contributed by atoms with Gasteiger partial charge in [-0.1, -0.05) is 56.3 Å². The summed E-state index contributed by atoms with van der Waals surface area (Å²) in [6.07, 6.45) is 4.10. The van der Waals surface area contributed by atoms with Crippen molar-refractivity contribution in [3.63, 3.8) is 0 Å². The van der Waals surface area contributed by atoms with E-state index in [1.807, 2.05) is 93.2 Å². The van der Waals surface area contributed by atoms with Crippen molar-refractivity contribution in [2.75, 3.05) is 4.90 Å². The molecule has 2 aromatic heterocycles. The molecule has 200 valence electrons. The number of carbonyl (C=O) groups excluding carboxylic acids is 2. The Morgan fingerprint density at radius 2 is 1.66 bits per heavy atom. The van der Waals surface area contributed by atoms with Gasteiger partial charge >= 0.3 is 0 Å². The smallest absolute Gasteiger partial charge is 0.249 e. The van der Waals surface area contributed by atoms with Crippen LogP contribution in [0.15, 0.2) is 60.8 Å². The van der Waals surface area contributed by atoms with Crippen molar-refractivity contribution in [1.29, 1.82) is 0 Å². The maximum Gasteiger partial charge on any atom is 0.249 e. The maximum atomic E-state index is 14.4. The molecule has 0 saturated carbocycles. The molecule has 4 rings (SSSR count). The lowest BCUT2D eigenvalue weighted by Crippen LogP contribution is -2.51. The van der Waals surface area contributed by atoms with Crippen LogP contribution in [0.2, 0.25) is 0 Å². The highest BCUT2D eigenvalue weighted by molar-refractivity contribution is 6.02. The van der Waals surface area contributed by atoms with Crippen molar-refractivity contribution in [2.24, 2.45) is 7.05 Å². The molecule has 0 fully saturated rings. The van der Waals surface area contributed by atoms with Crippen molar-refractivity contribution >= 4 is 28.5 Å². The first-order chi connectivity index (χ1) is 18.2. The predicted molar refractivity (Wildman–Crippen MR) is 151 cm³/mol. The Morgan fingerprint density at radius 1 is 0.974 bits per heavy atom. The number of nitrogens with one attached hydrogen (secondary N) is 1. The first-order valence-corrected chi connectivity index (χ1v) is 13.3. The summed E-state index contributed by atoms with van der Waals surface area (Å²) in [6.45, 7) is 10.1. The summed E-state index contributed by atoms with van der Waals surface area (Å²) in [7, 11) is 1.90. The van der Waals surface area contributed by atoms with Gasteiger partial charge in [0.1, 0.15) is 12.1 Å². The quantitative estimate of drug-likeness (QED) is 0.324. The normalized spacial score (nSPS) is 12.5. The lowest BCUT2D eigenvalue weighted by atomic mass is 9.97. The van der Waals surface area contributed by atoms with Crippen molar-refractivity contribution < 1.29 is 9.59 Å². The molecule has 0 radical (unpaired) electrons. The number of benzene rings is 2. The number of carbonyl (C=O) groups is 2. The molecule has 1 atom stereocenters. The highest BCUT2D eigenvalue weighted by atomic mass is 16.2. The fourth-order valence-corrected chi connectivity index (χ4v) is 4.79. The summed E-state index contributed by atoms with van der Waals surface area (Å²) in [5, 5.41) is 11.7. The zero-order valence-corrected chi connectivity index (χ0v) is 23.2. The Bertz CT molecular complexity index is 1410. The molecular formula is C30H38N6O2. The van der Waals surface area contributed by atoms with Gasteiger partial charge in [0, 0.05) is 18.8 Å². The van der Waals surface area contributed by atoms with E-state index in [-0.39, 0.29) is 18.4 Å². The first kappa shape index (κ1) is 27.1. The third kappa shape index (κ3) is 5.35. The van der Waals surface area contributed by atoms with Crippen LogP contribution in [0.1, 0.15) is 63.9 Å². The molecule has 0 aliphatic carbocycles. The van der Waals surface area contributed by atoms with Gasteiger partial charge in [-0.05, 0) is 68.5 Å². The summed E-state index contributed by atoms with van der Waals surface area (Å²) in [5.74, 6) is -0.449.